The third-order valence-electron chi connectivity index (χ3n) is 3.64. The van der Waals surface area contributed by atoms with Crippen LogP contribution in [0.4, 0.5) is 5.69 Å². The highest BCUT2D eigenvalue weighted by molar-refractivity contribution is 7.12. The van der Waals surface area contributed by atoms with E-state index < -0.39 is 0 Å². The second-order valence-corrected chi connectivity index (χ2v) is 6.34. The van der Waals surface area contributed by atoms with Gasteiger partial charge in [-0.05, 0) is 60.0 Å². The van der Waals surface area contributed by atoms with Gasteiger partial charge in [-0.15, -0.1) is 11.3 Å². The Balaban J connectivity index is 1.53. The van der Waals surface area contributed by atoms with Crippen LogP contribution in [0, 0.1) is 0 Å². The van der Waals surface area contributed by atoms with Crippen LogP contribution in [0.15, 0.2) is 66.0 Å². The summed E-state index contributed by atoms with van der Waals surface area (Å²) in [6, 6.07) is 17.4. The molecule has 1 heterocycles. The van der Waals surface area contributed by atoms with Crippen molar-refractivity contribution in [3.8, 4) is 11.5 Å². The lowest BCUT2D eigenvalue weighted by molar-refractivity contribution is 0.0921. The van der Waals surface area contributed by atoms with Gasteiger partial charge in [-0.25, -0.2) is 0 Å². The number of rotatable bonds is 7. The molecule has 0 radical (unpaired) electrons. The SMILES string of the molecule is COc1ccc(C(=O)COc2ccc(NC(=O)c3cccs3)cc2)cc1. The molecule has 0 aliphatic carbocycles. The third-order valence-corrected chi connectivity index (χ3v) is 4.51. The average molecular weight is 367 g/mol. The summed E-state index contributed by atoms with van der Waals surface area (Å²) in [5.74, 6) is 0.981. The van der Waals surface area contributed by atoms with E-state index in [1.165, 1.54) is 11.3 Å². The zero-order chi connectivity index (χ0) is 18.4. The van der Waals surface area contributed by atoms with Crippen molar-refractivity contribution in [3.05, 3.63) is 76.5 Å². The fourth-order valence-electron chi connectivity index (χ4n) is 2.24. The molecule has 1 aromatic heterocycles. The van der Waals surface area contributed by atoms with Gasteiger partial charge in [0.15, 0.2) is 12.4 Å². The van der Waals surface area contributed by atoms with E-state index in [2.05, 4.69) is 5.32 Å². The molecule has 0 saturated heterocycles. The molecule has 132 valence electrons. The molecule has 1 amide bonds. The maximum atomic E-state index is 12.1. The van der Waals surface area contributed by atoms with Gasteiger partial charge >= 0.3 is 0 Å². The molecule has 0 bridgehead atoms. The van der Waals surface area contributed by atoms with E-state index in [1.54, 1.807) is 61.7 Å². The first-order valence-corrected chi connectivity index (χ1v) is 8.78. The molecule has 0 unspecified atom stereocenters. The number of ketones is 1. The fraction of sp³-hybridized carbons (Fsp3) is 0.100. The van der Waals surface area contributed by atoms with Crippen LogP contribution in [0.5, 0.6) is 11.5 Å². The predicted molar refractivity (Wildman–Crippen MR) is 102 cm³/mol. The van der Waals surface area contributed by atoms with Gasteiger partial charge in [0.2, 0.25) is 0 Å². The fourth-order valence-corrected chi connectivity index (χ4v) is 2.86. The number of hydrogen-bond acceptors (Lipinski definition) is 5. The Labute approximate surface area is 155 Å². The van der Waals surface area contributed by atoms with Gasteiger partial charge < -0.3 is 14.8 Å². The molecule has 0 atom stereocenters. The second-order valence-electron chi connectivity index (χ2n) is 5.40. The van der Waals surface area contributed by atoms with Gasteiger partial charge in [0.05, 0.1) is 12.0 Å². The van der Waals surface area contributed by atoms with Crippen molar-refractivity contribution in [1.29, 1.82) is 0 Å². The van der Waals surface area contributed by atoms with Crippen LogP contribution in [0.2, 0.25) is 0 Å². The third kappa shape index (κ3) is 4.49. The molecule has 6 heteroatoms. The number of thiophene rings is 1. The zero-order valence-electron chi connectivity index (χ0n) is 14.1. The maximum Gasteiger partial charge on any atom is 0.265 e. The topological polar surface area (TPSA) is 64.6 Å². The Kier molecular flexibility index (Phi) is 5.66. The number of hydrogen-bond donors (Lipinski definition) is 1. The first kappa shape index (κ1) is 17.7. The number of carbonyl (C=O) groups is 2. The summed E-state index contributed by atoms with van der Waals surface area (Å²) < 4.78 is 10.6. The van der Waals surface area contributed by atoms with Gasteiger partial charge in [0.25, 0.3) is 5.91 Å². The molecule has 1 N–H and O–H groups in total. The van der Waals surface area contributed by atoms with Crippen molar-refractivity contribution in [2.24, 2.45) is 0 Å². The number of anilines is 1. The lowest BCUT2D eigenvalue weighted by Crippen LogP contribution is -2.12. The van der Waals surface area contributed by atoms with E-state index in [0.717, 1.165) is 0 Å². The minimum absolute atomic E-state index is 0.0623. The molecule has 5 nitrogen and oxygen atoms in total. The molecule has 3 aromatic rings. The van der Waals surface area contributed by atoms with E-state index in [9.17, 15) is 9.59 Å². The summed E-state index contributed by atoms with van der Waals surface area (Å²) in [4.78, 5) is 24.8. The summed E-state index contributed by atoms with van der Waals surface area (Å²) in [6.07, 6.45) is 0. The van der Waals surface area contributed by atoms with E-state index in [-0.39, 0.29) is 18.3 Å². The highest BCUT2D eigenvalue weighted by Gasteiger charge is 2.09. The second kappa shape index (κ2) is 8.31. The minimum Gasteiger partial charge on any atom is -0.497 e. The molecular formula is C20H17NO4S. The van der Waals surface area contributed by atoms with Crippen LogP contribution in [0.3, 0.4) is 0 Å². The van der Waals surface area contributed by atoms with Gasteiger partial charge in [-0.2, -0.15) is 0 Å². The maximum absolute atomic E-state index is 12.1. The van der Waals surface area contributed by atoms with Crippen molar-refractivity contribution in [3.63, 3.8) is 0 Å². The highest BCUT2D eigenvalue weighted by Crippen LogP contribution is 2.18. The zero-order valence-corrected chi connectivity index (χ0v) is 14.9. The Morgan fingerprint density at radius 2 is 1.65 bits per heavy atom. The first-order chi connectivity index (χ1) is 12.7. The summed E-state index contributed by atoms with van der Waals surface area (Å²) in [6.45, 7) is -0.0623. The van der Waals surface area contributed by atoms with Gasteiger partial charge in [-0.3, -0.25) is 9.59 Å². The Morgan fingerprint density at radius 3 is 2.27 bits per heavy atom. The van der Waals surface area contributed by atoms with Crippen molar-refractivity contribution >= 4 is 28.7 Å². The highest BCUT2D eigenvalue weighted by atomic mass is 32.1. The average Bonchev–Trinajstić information content (AvgIpc) is 3.22. The Bertz CT molecular complexity index is 871. The summed E-state index contributed by atoms with van der Waals surface area (Å²) >= 11 is 1.38. The van der Waals surface area contributed by atoms with Crippen molar-refractivity contribution in [2.75, 3.05) is 19.0 Å². The largest absolute Gasteiger partial charge is 0.497 e. The lowest BCUT2D eigenvalue weighted by atomic mass is 10.1. The molecule has 0 spiro atoms. The summed E-state index contributed by atoms with van der Waals surface area (Å²) in [5.41, 5.74) is 1.22. The number of ether oxygens (including phenoxy) is 2. The van der Waals surface area contributed by atoms with Crippen LogP contribution in [-0.4, -0.2) is 25.4 Å². The van der Waals surface area contributed by atoms with E-state index in [4.69, 9.17) is 9.47 Å². The lowest BCUT2D eigenvalue weighted by Gasteiger charge is -2.08. The van der Waals surface area contributed by atoms with Crippen LogP contribution >= 0.6 is 11.3 Å². The van der Waals surface area contributed by atoms with Crippen molar-refractivity contribution < 1.29 is 19.1 Å². The van der Waals surface area contributed by atoms with Gasteiger partial charge in [0.1, 0.15) is 11.5 Å². The van der Waals surface area contributed by atoms with Crippen LogP contribution < -0.4 is 14.8 Å². The molecule has 3 rings (SSSR count). The van der Waals surface area contributed by atoms with Gasteiger partial charge in [0, 0.05) is 11.3 Å². The Morgan fingerprint density at radius 1 is 0.962 bits per heavy atom. The first-order valence-electron chi connectivity index (χ1n) is 7.90. The monoisotopic (exact) mass is 367 g/mol. The number of amides is 1. The van der Waals surface area contributed by atoms with Crippen LogP contribution in [0.1, 0.15) is 20.0 Å². The molecule has 0 aliphatic rings. The Hall–Kier alpha value is -3.12. The van der Waals surface area contributed by atoms with E-state index in [1.807, 2.05) is 11.4 Å². The summed E-state index contributed by atoms with van der Waals surface area (Å²) in [7, 11) is 1.58. The number of methoxy groups -OCH3 is 1. The minimum atomic E-state index is -0.150. The quantitative estimate of drug-likeness (QED) is 0.634. The van der Waals surface area contributed by atoms with Crippen molar-refractivity contribution in [2.45, 2.75) is 0 Å². The molecular weight excluding hydrogens is 350 g/mol. The number of Topliss-reactive ketones (excluding diaryl/α,β-unsaturated/α-hetero) is 1. The van der Waals surface area contributed by atoms with Gasteiger partial charge in [-0.1, -0.05) is 6.07 Å². The predicted octanol–water partition coefficient (Wildman–Crippen LogP) is 4.27. The molecule has 26 heavy (non-hydrogen) atoms. The smallest absolute Gasteiger partial charge is 0.265 e. The van der Waals surface area contributed by atoms with Crippen LogP contribution in [-0.2, 0) is 0 Å². The number of nitrogens with one attached hydrogen (secondary N) is 1. The van der Waals surface area contributed by atoms with Crippen LogP contribution in [0.25, 0.3) is 0 Å². The molecule has 0 saturated carbocycles. The molecule has 0 aliphatic heterocycles. The molecule has 2 aromatic carbocycles. The molecule has 0 fully saturated rings. The normalized spacial score (nSPS) is 10.2. The van der Waals surface area contributed by atoms with Crippen molar-refractivity contribution in [1.82, 2.24) is 0 Å². The summed E-state index contributed by atoms with van der Waals surface area (Å²) in [5, 5.41) is 4.66. The number of benzene rings is 2. The standard InChI is InChI=1S/C20H17NO4S/c1-24-16-8-4-14(5-9-16)18(22)13-25-17-10-6-15(7-11-17)21-20(23)19-3-2-12-26-19/h2-12H,13H2,1H3,(H,21,23). The number of carbonyl (C=O) groups excluding carboxylic acids is 2. The van der Waals surface area contributed by atoms with E-state index >= 15 is 0 Å². The van der Waals surface area contributed by atoms with E-state index in [0.29, 0.717) is 27.6 Å².